The van der Waals surface area contributed by atoms with Crippen LogP contribution in [0.25, 0.3) is 0 Å². The molecule has 2 aromatic carbocycles. The van der Waals surface area contributed by atoms with Crippen LogP contribution < -0.4 is 15.4 Å². The first-order valence-corrected chi connectivity index (χ1v) is 10.0. The number of benzene rings is 2. The van der Waals surface area contributed by atoms with Crippen LogP contribution in [0.2, 0.25) is 20.1 Å². The smallest absolute Gasteiger partial charge is 0.287 e. The molecular formula is C20H14Cl4N2O4. The topological polar surface area (TPSA) is 80.6 Å². The molecule has 1 aromatic heterocycles. The highest BCUT2D eigenvalue weighted by Gasteiger charge is 2.14. The highest BCUT2D eigenvalue weighted by molar-refractivity contribution is 6.35. The number of halogens is 4. The van der Waals surface area contributed by atoms with Crippen molar-refractivity contribution in [2.45, 2.75) is 6.61 Å². The molecule has 10 heteroatoms. The van der Waals surface area contributed by atoms with E-state index >= 15 is 0 Å². The monoisotopic (exact) mass is 486 g/mol. The second kappa shape index (κ2) is 10.1. The zero-order valence-corrected chi connectivity index (χ0v) is 18.2. The summed E-state index contributed by atoms with van der Waals surface area (Å²) >= 11 is 23.6. The molecule has 2 N–H and O–H groups in total. The number of rotatable bonds is 7. The zero-order chi connectivity index (χ0) is 21.7. The number of anilines is 1. The van der Waals surface area contributed by atoms with Crippen molar-refractivity contribution in [1.29, 1.82) is 0 Å². The van der Waals surface area contributed by atoms with Gasteiger partial charge in [0.25, 0.3) is 5.91 Å². The van der Waals surface area contributed by atoms with Crippen LogP contribution in [0.15, 0.2) is 52.9 Å². The molecule has 0 aliphatic rings. The van der Waals surface area contributed by atoms with Crippen LogP contribution in [0.3, 0.4) is 0 Å². The number of ether oxygens (including phenoxy) is 1. The van der Waals surface area contributed by atoms with E-state index in [1.807, 2.05) is 0 Å². The van der Waals surface area contributed by atoms with Gasteiger partial charge < -0.3 is 19.8 Å². The quantitative estimate of drug-likeness (QED) is 0.438. The molecule has 0 saturated heterocycles. The highest BCUT2D eigenvalue weighted by Crippen LogP contribution is 2.28. The standard InChI is InChI=1S/C20H14Cl4N2O4/c21-11-1-3-17(16(24)8-11)29-10-15-2-4-18(30-15)20(28)25-9-19(27)26-14-6-12(22)5-13(23)7-14/h1-8H,9-10H2,(H,25,28)(H,26,27). The number of hydrogen-bond donors (Lipinski definition) is 2. The lowest BCUT2D eigenvalue weighted by molar-refractivity contribution is -0.115. The summed E-state index contributed by atoms with van der Waals surface area (Å²) in [6, 6.07) is 12.5. The summed E-state index contributed by atoms with van der Waals surface area (Å²) < 4.78 is 11.0. The fraction of sp³-hybridized carbons (Fsp3) is 0.100. The minimum Gasteiger partial charge on any atom is -0.484 e. The van der Waals surface area contributed by atoms with E-state index in [4.69, 9.17) is 55.6 Å². The van der Waals surface area contributed by atoms with Gasteiger partial charge in [-0.1, -0.05) is 46.4 Å². The third-order valence-corrected chi connectivity index (χ3v) is 4.67. The number of carbonyl (C=O) groups excluding carboxylic acids is 2. The Morgan fingerprint density at radius 3 is 2.33 bits per heavy atom. The van der Waals surface area contributed by atoms with Gasteiger partial charge in [-0.25, -0.2) is 0 Å². The third kappa shape index (κ3) is 6.31. The lowest BCUT2D eigenvalue weighted by Gasteiger charge is -2.07. The Hall–Kier alpha value is -2.38. The Morgan fingerprint density at radius 2 is 1.63 bits per heavy atom. The number of carbonyl (C=O) groups is 2. The van der Waals surface area contributed by atoms with E-state index in [1.165, 1.54) is 6.07 Å². The Morgan fingerprint density at radius 1 is 0.900 bits per heavy atom. The highest BCUT2D eigenvalue weighted by atomic mass is 35.5. The van der Waals surface area contributed by atoms with Crippen molar-refractivity contribution in [2.24, 2.45) is 0 Å². The normalized spacial score (nSPS) is 10.5. The molecule has 0 radical (unpaired) electrons. The van der Waals surface area contributed by atoms with Crippen LogP contribution in [0.1, 0.15) is 16.3 Å². The summed E-state index contributed by atoms with van der Waals surface area (Å²) in [6.45, 7) is -0.208. The van der Waals surface area contributed by atoms with E-state index in [1.54, 1.807) is 42.5 Å². The van der Waals surface area contributed by atoms with Gasteiger partial charge in [-0.05, 0) is 48.5 Å². The summed E-state index contributed by atoms with van der Waals surface area (Å²) in [6.07, 6.45) is 0. The second-order valence-electron chi connectivity index (χ2n) is 6.02. The average Bonchev–Trinajstić information content (AvgIpc) is 3.14. The average molecular weight is 488 g/mol. The molecule has 30 heavy (non-hydrogen) atoms. The van der Waals surface area contributed by atoms with Crippen molar-refractivity contribution in [1.82, 2.24) is 5.32 Å². The fourth-order valence-corrected chi connectivity index (χ4v) is 3.39. The number of amides is 2. The first-order chi connectivity index (χ1) is 14.3. The zero-order valence-electron chi connectivity index (χ0n) is 15.2. The van der Waals surface area contributed by atoms with Gasteiger partial charge in [0.15, 0.2) is 5.76 Å². The molecule has 0 bridgehead atoms. The Labute approximate surface area is 192 Å². The first kappa shape index (κ1) is 22.3. The minimum absolute atomic E-state index is 0.0365. The van der Waals surface area contributed by atoms with Gasteiger partial charge in [-0.15, -0.1) is 0 Å². The molecule has 2 amide bonds. The van der Waals surface area contributed by atoms with E-state index in [2.05, 4.69) is 10.6 Å². The maximum absolute atomic E-state index is 12.2. The molecular weight excluding hydrogens is 474 g/mol. The molecule has 1 heterocycles. The summed E-state index contributed by atoms with van der Waals surface area (Å²) in [5.74, 6) is -0.126. The number of hydrogen-bond acceptors (Lipinski definition) is 4. The van der Waals surface area contributed by atoms with Crippen LogP contribution >= 0.6 is 46.4 Å². The van der Waals surface area contributed by atoms with Crippen molar-refractivity contribution in [2.75, 3.05) is 11.9 Å². The minimum atomic E-state index is -0.551. The second-order valence-corrected chi connectivity index (χ2v) is 7.73. The molecule has 0 atom stereocenters. The number of nitrogens with one attached hydrogen (secondary N) is 2. The van der Waals surface area contributed by atoms with Crippen LogP contribution in [-0.4, -0.2) is 18.4 Å². The van der Waals surface area contributed by atoms with E-state index < -0.39 is 11.8 Å². The third-order valence-electron chi connectivity index (χ3n) is 3.71. The van der Waals surface area contributed by atoms with E-state index in [-0.39, 0.29) is 18.9 Å². The molecule has 3 rings (SSSR count). The predicted octanol–water partition coefficient (Wildman–Crippen LogP) is 5.84. The van der Waals surface area contributed by atoms with Crippen LogP contribution in [0, 0.1) is 0 Å². The fourth-order valence-electron chi connectivity index (χ4n) is 2.40. The van der Waals surface area contributed by atoms with Gasteiger partial charge in [0.2, 0.25) is 5.91 Å². The van der Waals surface area contributed by atoms with Crippen LogP contribution in [0.4, 0.5) is 5.69 Å². The van der Waals surface area contributed by atoms with Crippen molar-refractivity contribution in [3.8, 4) is 5.75 Å². The lowest BCUT2D eigenvalue weighted by atomic mass is 10.3. The SMILES string of the molecule is O=C(CNC(=O)c1ccc(COc2ccc(Cl)cc2Cl)o1)Nc1cc(Cl)cc(Cl)c1. The first-order valence-electron chi connectivity index (χ1n) is 8.51. The van der Waals surface area contributed by atoms with Gasteiger partial charge in [-0.3, -0.25) is 9.59 Å². The van der Waals surface area contributed by atoms with Crippen molar-refractivity contribution >= 4 is 63.9 Å². The molecule has 0 aliphatic heterocycles. The molecule has 156 valence electrons. The van der Waals surface area contributed by atoms with Gasteiger partial charge in [0.05, 0.1) is 11.6 Å². The summed E-state index contributed by atoms with van der Waals surface area (Å²) in [5.41, 5.74) is 0.421. The van der Waals surface area contributed by atoms with E-state index in [9.17, 15) is 9.59 Å². The van der Waals surface area contributed by atoms with E-state index in [0.29, 0.717) is 37.3 Å². The van der Waals surface area contributed by atoms with Crippen molar-refractivity contribution in [3.63, 3.8) is 0 Å². The molecule has 0 saturated carbocycles. The summed E-state index contributed by atoms with van der Waals surface area (Å²) in [4.78, 5) is 24.2. The van der Waals surface area contributed by atoms with Crippen LogP contribution in [-0.2, 0) is 11.4 Å². The molecule has 0 unspecified atom stereocenters. The molecule has 3 aromatic rings. The van der Waals surface area contributed by atoms with E-state index in [0.717, 1.165) is 0 Å². The van der Waals surface area contributed by atoms with Crippen molar-refractivity contribution < 1.29 is 18.7 Å². The molecule has 0 spiro atoms. The van der Waals surface area contributed by atoms with Gasteiger partial charge in [0, 0.05) is 20.8 Å². The predicted molar refractivity (Wildman–Crippen MR) is 117 cm³/mol. The molecule has 0 aliphatic carbocycles. The van der Waals surface area contributed by atoms with Crippen molar-refractivity contribution in [3.05, 3.63) is 80.1 Å². The maximum atomic E-state index is 12.2. The Kier molecular flexibility index (Phi) is 7.50. The Balaban J connectivity index is 1.50. The number of furan rings is 1. The van der Waals surface area contributed by atoms with Gasteiger partial charge >= 0.3 is 0 Å². The summed E-state index contributed by atoms with van der Waals surface area (Å²) in [7, 11) is 0. The molecule has 0 fully saturated rings. The Bertz CT molecular complexity index is 1060. The maximum Gasteiger partial charge on any atom is 0.287 e. The lowest BCUT2D eigenvalue weighted by Crippen LogP contribution is -2.32. The van der Waals surface area contributed by atoms with Gasteiger partial charge in [-0.2, -0.15) is 0 Å². The van der Waals surface area contributed by atoms with Gasteiger partial charge in [0.1, 0.15) is 18.1 Å². The summed E-state index contributed by atoms with van der Waals surface area (Å²) in [5, 5.41) is 6.67. The van der Waals surface area contributed by atoms with Crippen LogP contribution in [0.5, 0.6) is 5.75 Å². The molecule has 6 nitrogen and oxygen atoms in total. The largest absolute Gasteiger partial charge is 0.484 e.